The summed E-state index contributed by atoms with van der Waals surface area (Å²) >= 11 is 6.02. The molecule has 1 heterocycles. The van der Waals surface area contributed by atoms with E-state index in [-0.39, 0.29) is 5.75 Å². The van der Waals surface area contributed by atoms with Crippen LogP contribution in [0.2, 0.25) is 5.02 Å². The van der Waals surface area contributed by atoms with Crippen molar-refractivity contribution in [3.63, 3.8) is 0 Å². The predicted octanol–water partition coefficient (Wildman–Crippen LogP) is 3.93. The molecule has 0 aliphatic carbocycles. The number of nitrogens with zero attached hydrogens (tertiary/aromatic N) is 1. The highest BCUT2D eigenvalue weighted by Gasteiger charge is 2.12. The van der Waals surface area contributed by atoms with Gasteiger partial charge in [0.25, 0.3) is 0 Å². The maximum Gasteiger partial charge on any atom is 0.178 e. The third kappa shape index (κ3) is 3.02. The number of anilines is 1. The largest absolute Gasteiger partial charge is 0.383 e. The number of hydrogen-bond donors (Lipinski definition) is 1. The van der Waals surface area contributed by atoms with Crippen molar-refractivity contribution in [1.29, 1.82) is 0 Å². The molecule has 1 aromatic heterocycles. The second-order valence-electron chi connectivity index (χ2n) is 5.19. The van der Waals surface area contributed by atoms with E-state index in [4.69, 9.17) is 17.3 Å². The Hall–Kier alpha value is -2.11. The fourth-order valence-electron chi connectivity index (χ4n) is 2.40. The van der Waals surface area contributed by atoms with E-state index in [0.29, 0.717) is 15.7 Å². The van der Waals surface area contributed by atoms with Gasteiger partial charge in [-0.1, -0.05) is 30.7 Å². The molecule has 2 aromatic carbocycles. The van der Waals surface area contributed by atoms with Crippen LogP contribution < -0.4 is 5.73 Å². The number of sulfone groups is 1. The standard InChI is InChI=1S/C17H15ClN2O2S/c1-2-23(21,22)14-6-3-11(4-7-14)15-10-12-9-13(18)5-8-16(12)20-17(15)19/h3-10H,2H2,1H3,(H2,19,20). The number of rotatable bonds is 3. The molecule has 118 valence electrons. The van der Waals surface area contributed by atoms with E-state index >= 15 is 0 Å². The summed E-state index contributed by atoms with van der Waals surface area (Å²) in [5.74, 6) is 0.468. The summed E-state index contributed by atoms with van der Waals surface area (Å²) in [5.41, 5.74) is 8.37. The lowest BCUT2D eigenvalue weighted by molar-refractivity contribution is 0.597. The first-order valence-corrected chi connectivity index (χ1v) is 9.13. The van der Waals surface area contributed by atoms with Crippen molar-refractivity contribution < 1.29 is 8.42 Å². The number of benzene rings is 2. The topological polar surface area (TPSA) is 73.0 Å². The minimum absolute atomic E-state index is 0.0739. The van der Waals surface area contributed by atoms with Crippen LogP contribution in [-0.2, 0) is 9.84 Å². The monoisotopic (exact) mass is 346 g/mol. The minimum Gasteiger partial charge on any atom is -0.383 e. The Kier molecular flexibility index (Phi) is 4.00. The highest BCUT2D eigenvalue weighted by molar-refractivity contribution is 7.91. The molecule has 0 saturated carbocycles. The Morgan fingerprint density at radius 2 is 1.78 bits per heavy atom. The molecular weight excluding hydrogens is 332 g/mol. The first-order valence-electron chi connectivity index (χ1n) is 7.09. The van der Waals surface area contributed by atoms with E-state index in [9.17, 15) is 8.42 Å². The number of nitrogens with two attached hydrogens (primary N) is 1. The number of hydrogen-bond acceptors (Lipinski definition) is 4. The molecule has 4 nitrogen and oxygen atoms in total. The van der Waals surface area contributed by atoms with E-state index in [1.54, 1.807) is 37.3 Å². The molecular formula is C17H15ClN2O2S. The molecule has 0 unspecified atom stereocenters. The van der Waals surface area contributed by atoms with Crippen molar-refractivity contribution in [2.45, 2.75) is 11.8 Å². The van der Waals surface area contributed by atoms with Crippen LogP contribution in [0.3, 0.4) is 0 Å². The number of nitrogen functional groups attached to an aromatic ring is 1. The van der Waals surface area contributed by atoms with Crippen molar-refractivity contribution in [1.82, 2.24) is 4.98 Å². The molecule has 3 rings (SSSR count). The third-order valence-electron chi connectivity index (χ3n) is 3.71. The SMILES string of the molecule is CCS(=O)(=O)c1ccc(-c2cc3cc(Cl)ccc3nc2N)cc1. The molecule has 0 bridgehead atoms. The fourth-order valence-corrected chi connectivity index (χ4v) is 3.47. The number of fused-ring (bicyclic) bond motifs is 1. The summed E-state index contributed by atoms with van der Waals surface area (Å²) in [5, 5.41) is 1.51. The van der Waals surface area contributed by atoms with Gasteiger partial charge in [0, 0.05) is 16.0 Å². The lowest BCUT2D eigenvalue weighted by Gasteiger charge is -2.09. The van der Waals surface area contributed by atoms with Gasteiger partial charge >= 0.3 is 0 Å². The normalized spacial score (nSPS) is 11.7. The van der Waals surface area contributed by atoms with Gasteiger partial charge in [0.05, 0.1) is 16.2 Å². The van der Waals surface area contributed by atoms with Crippen LogP contribution in [-0.4, -0.2) is 19.2 Å². The molecule has 6 heteroatoms. The number of pyridine rings is 1. The zero-order chi connectivity index (χ0) is 16.6. The average molecular weight is 347 g/mol. The van der Waals surface area contributed by atoms with Crippen molar-refractivity contribution in [2.75, 3.05) is 11.5 Å². The quantitative estimate of drug-likeness (QED) is 0.779. The molecule has 0 spiro atoms. The highest BCUT2D eigenvalue weighted by Crippen LogP contribution is 2.30. The minimum atomic E-state index is -3.21. The van der Waals surface area contributed by atoms with E-state index in [0.717, 1.165) is 22.0 Å². The smallest absolute Gasteiger partial charge is 0.178 e. The number of halogens is 1. The van der Waals surface area contributed by atoms with E-state index < -0.39 is 9.84 Å². The fraction of sp³-hybridized carbons (Fsp3) is 0.118. The Balaban J connectivity index is 2.11. The average Bonchev–Trinajstić information content (AvgIpc) is 2.55. The Bertz CT molecular complexity index is 983. The molecule has 2 N–H and O–H groups in total. The molecule has 0 aliphatic heterocycles. The van der Waals surface area contributed by atoms with Crippen LogP contribution in [0.1, 0.15) is 6.92 Å². The molecule has 0 atom stereocenters. The van der Waals surface area contributed by atoms with Gasteiger partial charge in [-0.2, -0.15) is 0 Å². The maximum atomic E-state index is 11.9. The van der Waals surface area contributed by atoms with E-state index in [2.05, 4.69) is 4.98 Å². The summed E-state index contributed by atoms with van der Waals surface area (Å²) in [6.07, 6.45) is 0. The molecule has 23 heavy (non-hydrogen) atoms. The molecule has 0 radical (unpaired) electrons. The summed E-state index contributed by atoms with van der Waals surface area (Å²) in [7, 11) is -3.21. The van der Waals surface area contributed by atoms with Gasteiger partial charge in [-0.15, -0.1) is 0 Å². The van der Waals surface area contributed by atoms with Crippen molar-refractivity contribution in [3.8, 4) is 11.1 Å². The second kappa shape index (κ2) is 5.83. The summed E-state index contributed by atoms with van der Waals surface area (Å²) < 4.78 is 23.8. The summed E-state index contributed by atoms with van der Waals surface area (Å²) in [6, 6.07) is 14.0. The zero-order valence-corrected chi connectivity index (χ0v) is 14.0. The van der Waals surface area contributed by atoms with Gasteiger partial charge in [-0.25, -0.2) is 13.4 Å². The van der Waals surface area contributed by atoms with E-state index in [1.165, 1.54) is 0 Å². The van der Waals surface area contributed by atoms with Crippen LogP contribution in [0.5, 0.6) is 0 Å². The van der Waals surface area contributed by atoms with Crippen LogP contribution in [0, 0.1) is 0 Å². The molecule has 3 aromatic rings. The summed E-state index contributed by atoms with van der Waals surface area (Å²) in [6.45, 7) is 1.62. The molecule has 0 saturated heterocycles. The van der Waals surface area contributed by atoms with Gasteiger partial charge in [0.15, 0.2) is 9.84 Å². The zero-order valence-electron chi connectivity index (χ0n) is 12.5. The van der Waals surface area contributed by atoms with Crippen LogP contribution >= 0.6 is 11.6 Å². The van der Waals surface area contributed by atoms with Gasteiger partial charge in [0.1, 0.15) is 5.82 Å². The number of aromatic nitrogens is 1. The van der Waals surface area contributed by atoms with Crippen molar-refractivity contribution in [2.24, 2.45) is 0 Å². The van der Waals surface area contributed by atoms with Gasteiger partial charge in [-0.05, 0) is 42.0 Å². The second-order valence-corrected chi connectivity index (χ2v) is 7.90. The van der Waals surface area contributed by atoms with Crippen molar-refractivity contribution in [3.05, 3.63) is 53.6 Å². The Morgan fingerprint density at radius 3 is 2.43 bits per heavy atom. The van der Waals surface area contributed by atoms with E-state index in [1.807, 2.05) is 18.2 Å². The molecule has 0 aliphatic rings. The maximum absolute atomic E-state index is 11.9. The highest BCUT2D eigenvalue weighted by atomic mass is 35.5. The summed E-state index contributed by atoms with van der Waals surface area (Å²) in [4.78, 5) is 4.69. The first kappa shape index (κ1) is 15.8. The van der Waals surface area contributed by atoms with Gasteiger partial charge < -0.3 is 5.73 Å². The molecule has 0 fully saturated rings. The van der Waals surface area contributed by atoms with Crippen LogP contribution in [0.15, 0.2) is 53.4 Å². The molecule has 0 amide bonds. The Morgan fingerprint density at radius 1 is 1.09 bits per heavy atom. The van der Waals surface area contributed by atoms with Gasteiger partial charge in [-0.3, -0.25) is 0 Å². The van der Waals surface area contributed by atoms with Crippen LogP contribution in [0.4, 0.5) is 5.82 Å². The van der Waals surface area contributed by atoms with Gasteiger partial charge in [0.2, 0.25) is 0 Å². The van der Waals surface area contributed by atoms with Crippen LogP contribution in [0.25, 0.3) is 22.0 Å². The van der Waals surface area contributed by atoms with Crippen molar-refractivity contribution >= 4 is 38.2 Å². The lowest BCUT2D eigenvalue weighted by Crippen LogP contribution is -2.03. The third-order valence-corrected chi connectivity index (χ3v) is 5.70. The lowest BCUT2D eigenvalue weighted by atomic mass is 10.0. The Labute approximate surface area is 139 Å². The first-order chi connectivity index (χ1) is 10.9. The predicted molar refractivity (Wildman–Crippen MR) is 94.3 cm³/mol.